The van der Waals surface area contributed by atoms with Crippen molar-refractivity contribution in [3.63, 3.8) is 0 Å². The fourth-order valence-electron chi connectivity index (χ4n) is 1.67. The fourth-order valence-corrected chi connectivity index (χ4v) is 2.56. The monoisotopic (exact) mass is 287 g/mol. The van der Waals surface area contributed by atoms with Crippen molar-refractivity contribution in [3.8, 4) is 5.75 Å². The van der Waals surface area contributed by atoms with Crippen LogP contribution in [-0.2, 0) is 4.79 Å². The summed E-state index contributed by atoms with van der Waals surface area (Å²) in [6.07, 6.45) is 0. The van der Waals surface area contributed by atoms with Crippen LogP contribution < -0.4 is 10.1 Å². The zero-order chi connectivity index (χ0) is 14.4. The first-order chi connectivity index (χ1) is 9.69. The van der Waals surface area contributed by atoms with Crippen molar-refractivity contribution in [1.29, 1.82) is 0 Å². The molecule has 0 heterocycles. The summed E-state index contributed by atoms with van der Waals surface area (Å²) in [5, 5.41) is 2.74. The Balaban J connectivity index is 1.93. The molecule has 0 saturated carbocycles. The van der Waals surface area contributed by atoms with E-state index < -0.39 is 0 Å². The number of hydrogen-bond acceptors (Lipinski definition) is 3. The van der Waals surface area contributed by atoms with Gasteiger partial charge in [-0.25, -0.2) is 0 Å². The van der Waals surface area contributed by atoms with Gasteiger partial charge in [0.2, 0.25) is 5.91 Å². The standard InChI is InChI=1S/C16H17NO2S/c1-12(20-15-6-4-3-5-7-15)16(18)17-13-8-10-14(19-2)11-9-13/h3-12H,1-2H3,(H,17,18)/t12-/m1/s1. The summed E-state index contributed by atoms with van der Waals surface area (Å²) in [6.45, 7) is 1.90. The van der Waals surface area contributed by atoms with E-state index >= 15 is 0 Å². The lowest BCUT2D eigenvalue weighted by Gasteiger charge is -2.12. The average molecular weight is 287 g/mol. The Hall–Kier alpha value is -1.94. The summed E-state index contributed by atoms with van der Waals surface area (Å²) in [4.78, 5) is 13.2. The molecule has 1 atom stereocenters. The van der Waals surface area contributed by atoms with Crippen molar-refractivity contribution < 1.29 is 9.53 Å². The number of ether oxygens (including phenoxy) is 1. The van der Waals surface area contributed by atoms with Gasteiger partial charge >= 0.3 is 0 Å². The molecule has 1 amide bonds. The predicted octanol–water partition coefficient (Wildman–Crippen LogP) is 3.81. The van der Waals surface area contributed by atoms with Crippen LogP contribution in [0.3, 0.4) is 0 Å². The largest absolute Gasteiger partial charge is 0.497 e. The second-order valence-electron chi connectivity index (χ2n) is 4.29. The van der Waals surface area contributed by atoms with Gasteiger partial charge in [0.05, 0.1) is 12.4 Å². The first-order valence-electron chi connectivity index (χ1n) is 6.35. The number of nitrogens with one attached hydrogen (secondary N) is 1. The molecule has 0 aliphatic heterocycles. The minimum atomic E-state index is -0.153. The first kappa shape index (κ1) is 14.5. The van der Waals surface area contributed by atoms with Gasteiger partial charge in [0, 0.05) is 10.6 Å². The summed E-state index contributed by atoms with van der Waals surface area (Å²) in [5.41, 5.74) is 0.774. The van der Waals surface area contributed by atoms with Crippen LogP contribution in [0, 0.1) is 0 Å². The quantitative estimate of drug-likeness (QED) is 0.850. The van der Waals surface area contributed by atoms with Gasteiger partial charge in [-0.3, -0.25) is 4.79 Å². The van der Waals surface area contributed by atoms with Crippen LogP contribution in [0.15, 0.2) is 59.5 Å². The molecule has 4 heteroatoms. The topological polar surface area (TPSA) is 38.3 Å². The van der Waals surface area contributed by atoms with Crippen LogP contribution in [0.1, 0.15) is 6.92 Å². The molecule has 0 unspecified atom stereocenters. The van der Waals surface area contributed by atoms with Gasteiger partial charge in [-0.15, -0.1) is 11.8 Å². The van der Waals surface area contributed by atoms with E-state index in [1.807, 2.05) is 61.5 Å². The zero-order valence-electron chi connectivity index (χ0n) is 11.5. The Bertz CT molecular complexity index is 554. The van der Waals surface area contributed by atoms with Gasteiger partial charge in [-0.1, -0.05) is 18.2 Å². The third kappa shape index (κ3) is 4.03. The average Bonchev–Trinajstić information content (AvgIpc) is 2.49. The van der Waals surface area contributed by atoms with Crippen molar-refractivity contribution in [1.82, 2.24) is 0 Å². The summed E-state index contributed by atoms with van der Waals surface area (Å²) in [7, 11) is 1.62. The normalized spacial score (nSPS) is 11.7. The van der Waals surface area contributed by atoms with E-state index in [9.17, 15) is 4.79 Å². The molecule has 3 nitrogen and oxygen atoms in total. The number of anilines is 1. The van der Waals surface area contributed by atoms with E-state index in [4.69, 9.17) is 4.74 Å². The SMILES string of the molecule is COc1ccc(NC(=O)[C@@H](C)Sc2ccccc2)cc1. The van der Waals surface area contributed by atoms with Crippen molar-refractivity contribution >= 4 is 23.4 Å². The minimum absolute atomic E-state index is 0.0102. The summed E-state index contributed by atoms with van der Waals surface area (Å²) >= 11 is 1.54. The van der Waals surface area contributed by atoms with Gasteiger partial charge in [-0.2, -0.15) is 0 Å². The van der Waals surface area contributed by atoms with E-state index in [0.717, 1.165) is 16.3 Å². The van der Waals surface area contributed by atoms with Crippen LogP contribution in [0.5, 0.6) is 5.75 Å². The molecule has 0 fully saturated rings. The molecule has 0 radical (unpaired) electrons. The van der Waals surface area contributed by atoms with Gasteiger partial charge in [-0.05, 0) is 43.3 Å². The van der Waals surface area contributed by atoms with Gasteiger partial charge in [0.25, 0.3) is 0 Å². The summed E-state index contributed by atoms with van der Waals surface area (Å²) in [6, 6.07) is 17.2. The maximum atomic E-state index is 12.1. The maximum Gasteiger partial charge on any atom is 0.237 e. The molecule has 0 aromatic heterocycles. The number of benzene rings is 2. The van der Waals surface area contributed by atoms with Crippen molar-refractivity contribution in [2.45, 2.75) is 17.1 Å². The molecular formula is C16H17NO2S. The van der Waals surface area contributed by atoms with Crippen LogP contribution in [0.2, 0.25) is 0 Å². The molecule has 0 bridgehead atoms. The Morgan fingerprint density at radius 3 is 2.35 bits per heavy atom. The second kappa shape index (κ2) is 7.01. The molecule has 1 N–H and O–H groups in total. The van der Waals surface area contributed by atoms with Crippen molar-refractivity contribution in [3.05, 3.63) is 54.6 Å². The van der Waals surface area contributed by atoms with Crippen LogP contribution in [-0.4, -0.2) is 18.3 Å². The van der Waals surface area contributed by atoms with E-state index in [2.05, 4.69) is 5.32 Å². The van der Waals surface area contributed by atoms with Gasteiger partial charge < -0.3 is 10.1 Å². The third-order valence-electron chi connectivity index (χ3n) is 2.78. The number of carbonyl (C=O) groups excluding carboxylic acids is 1. The molecule has 104 valence electrons. The van der Waals surface area contributed by atoms with Crippen LogP contribution in [0.4, 0.5) is 5.69 Å². The Morgan fingerprint density at radius 2 is 1.75 bits per heavy atom. The summed E-state index contributed by atoms with van der Waals surface area (Å²) in [5.74, 6) is 0.763. The van der Waals surface area contributed by atoms with E-state index in [1.54, 1.807) is 18.9 Å². The number of carbonyl (C=O) groups is 1. The lowest BCUT2D eigenvalue weighted by Crippen LogP contribution is -2.22. The number of amides is 1. The molecular weight excluding hydrogens is 270 g/mol. The molecule has 0 saturated heterocycles. The molecule has 20 heavy (non-hydrogen) atoms. The molecule has 2 aromatic carbocycles. The second-order valence-corrected chi connectivity index (χ2v) is 5.71. The Kier molecular flexibility index (Phi) is 5.07. The zero-order valence-corrected chi connectivity index (χ0v) is 12.3. The minimum Gasteiger partial charge on any atom is -0.497 e. The van der Waals surface area contributed by atoms with Crippen molar-refractivity contribution in [2.24, 2.45) is 0 Å². The Morgan fingerprint density at radius 1 is 1.10 bits per heavy atom. The number of rotatable bonds is 5. The maximum absolute atomic E-state index is 12.1. The highest BCUT2D eigenvalue weighted by Gasteiger charge is 2.14. The molecule has 0 spiro atoms. The first-order valence-corrected chi connectivity index (χ1v) is 7.23. The number of thioether (sulfide) groups is 1. The smallest absolute Gasteiger partial charge is 0.237 e. The fraction of sp³-hybridized carbons (Fsp3) is 0.188. The molecule has 2 aromatic rings. The number of hydrogen-bond donors (Lipinski definition) is 1. The lowest BCUT2D eigenvalue weighted by molar-refractivity contribution is -0.115. The van der Waals surface area contributed by atoms with Gasteiger partial charge in [0.1, 0.15) is 5.75 Å². The Labute approximate surface area is 123 Å². The highest BCUT2D eigenvalue weighted by atomic mass is 32.2. The molecule has 2 rings (SSSR count). The van der Waals surface area contributed by atoms with Crippen molar-refractivity contribution in [2.75, 3.05) is 12.4 Å². The highest BCUT2D eigenvalue weighted by Crippen LogP contribution is 2.24. The predicted molar refractivity (Wildman–Crippen MR) is 83.4 cm³/mol. The summed E-state index contributed by atoms with van der Waals surface area (Å²) < 4.78 is 5.08. The van der Waals surface area contributed by atoms with E-state index in [0.29, 0.717) is 0 Å². The lowest BCUT2D eigenvalue weighted by atomic mass is 10.3. The third-order valence-corrected chi connectivity index (χ3v) is 3.89. The van der Waals surface area contributed by atoms with E-state index in [-0.39, 0.29) is 11.2 Å². The van der Waals surface area contributed by atoms with E-state index in [1.165, 1.54) is 0 Å². The molecule has 0 aliphatic carbocycles. The highest BCUT2D eigenvalue weighted by molar-refractivity contribution is 8.00. The van der Waals surface area contributed by atoms with Crippen LogP contribution >= 0.6 is 11.8 Å². The van der Waals surface area contributed by atoms with Gasteiger partial charge in [0.15, 0.2) is 0 Å². The van der Waals surface area contributed by atoms with Crippen LogP contribution in [0.25, 0.3) is 0 Å². The molecule has 0 aliphatic rings. The number of methoxy groups -OCH3 is 1.